The Bertz CT molecular complexity index is 992. The van der Waals surface area contributed by atoms with Crippen molar-refractivity contribution in [3.05, 3.63) is 71.3 Å². The topological polar surface area (TPSA) is 62.2 Å². The molecule has 0 fully saturated rings. The minimum atomic E-state index is -0.665. The molecule has 2 aromatic carbocycles. The van der Waals surface area contributed by atoms with Crippen molar-refractivity contribution < 1.29 is 23.1 Å². The molecule has 170 valence electrons. The number of methoxy groups -OCH3 is 1. The Morgan fingerprint density at radius 3 is 2.47 bits per heavy atom. The molecule has 8 heteroatoms. The fourth-order valence-corrected chi connectivity index (χ4v) is 3.61. The Morgan fingerprint density at radius 1 is 1.16 bits per heavy atom. The summed E-state index contributed by atoms with van der Waals surface area (Å²) >= 11 is 0. The standard InChI is InChI=1S/C24H27F2N3O3/c1-16(2)24(31)28(12-13-32-3)15-23(30)29-22(19-6-4-5-7-20(19)26)14-21(27-29)17-8-10-18(25)11-9-17/h4-11,16,22H,12-15H2,1-3H3/t22-/m1/s1. The van der Waals surface area contributed by atoms with Crippen LogP contribution in [0.2, 0.25) is 0 Å². The Kier molecular flexibility index (Phi) is 7.69. The lowest BCUT2D eigenvalue weighted by molar-refractivity contribution is -0.143. The SMILES string of the molecule is COCCN(CC(=O)N1N=C(c2ccc(F)cc2)C[C@@H]1c1ccccc1F)C(=O)C(C)C. The van der Waals surface area contributed by atoms with E-state index in [0.717, 1.165) is 0 Å². The van der Waals surface area contributed by atoms with Crippen molar-refractivity contribution in [2.45, 2.75) is 26.3 Å². The molecule has 0 spiro atoms. The molecule has 0 aliphatic carbocycles. The van der Waals surface area contributed by atoms with Crippen LogP contribution in [0.15, 0.2) is 53.6 Å². The van der Waals surface area contributed by atoms with Gasteiger partial charge >= 0.3 is 0 Å². The fourth-order valence-electron chi connectivity index (χ4n) is 3.61. The Labute approximate surface area is 186 Å². The van der Waals surface area contributed by atoms with E-state index in [1.165, 1.54) is 35.2 Å². The van der Waals surface area contributed by atoms with Crippen molar-refractivity contribution in [1.82, 2.24) is 9.91 Å². The third-order valence-corrected chi connectivity index (χ3v) is 5.30. The van der Waals surface area contributed by atoms with Crippen LogP contribution in [0.3, 0.4) is 0 Å². The molecule has 1 atom stereocenters. The van der Waals surface area contributed by atoms with Gasteiger partial charge in [0.1, 0.15) is 18.2 Å². The molecule has 6 nitrogen and oxygen atoms in total. The predicted molar refractivity (Wildman–Crippen MR) is 117 cm³/mol. The van der Waals surface area contributed by atoms with Gasteiger partial charge in [0, 0.05) is 31.6 Å². The zero-order valence-corrected chi connectivity index (χ0v) is 18.4. The zero-order valence-electron chi connectivity index (χ0n) is 18.4. The van der Waals surface area contributed by atoms with E-state index in [1.807, 2.05) is 0 Å². The van der Waals surface area contributed by atoms with E-state index < -0.39 is 17.8 Å². The summed E-state index contributed by atoms with van der Waals surface area (Å²) in [6.45, 7) is 3.86. The van der Waals surface area contributed by atoms with Gasteiger partial charge in [0.25, 0.3) is 5.91 Å². The maximum Gasteiger partial charge on any atom is 0.262 e. The largest absolute Gasteiger partial charge is 0.383 e. The molecule has 1 heterocycles. The van der Waals surface area contributed by atoms with Gasteiger partial charge in [-0.25, -0.2) is 13.8 Å². The number of carbonyl (C=O) groups is 2. The van der Waals surface area contributed by atoms with Crippen molar-refractivity contribution in [1.29, 1.82) is 0 Å². The average Bonchev–Trinajstić information content (AvgIpc) is 3.22. The van der Waals surface area contributed by atoms with Gasteiger partial charge in [-0.15, -0.1) is 0 Å². The number of hydrogen-bond donors (Lipinski definition) is 0. The van der Waals surface area contributed by atoms with Crippen LogP contribution in [0.5, 0.6) is 0 Å². The lowest BCUT2D eigenvalue weighted by atomic mass is 9.98. The van der Waals surface area contributed by atoms with E-state index in [1.54, 1.807) is 44.2 Å². The van der Waals surface area contributed by atoms with Gasteiger partial charge in [-0.2, -0.15) is 5.10 Å². The highest BCUT2D eigenvalue weighted by atomic mass is 19.1. The Morgan fingerprint density at radius 2 is 1.84 bits per heavy atom. The van der Waals surface area contributed by atoms with E-state index in [-0.39, 0.29) is 43.8 Å². The van der Waals surface area contributed by atoms with Crippen LogP contribution in [0.1, 0.15) is 37.4 Å². The van der Waals surface area contributed by atoms with Crippen LogP contribution in [-0.2, 0) is 14.3 Å². The zero-order chi connectivity index (χ0) is 23.3. The van der Waals surface area contributed by atoms with E-state index in [2.05, 4.69) is 5.10 Å². The number of carbonyl (C=O) groups excluding carboxylic acids is 2. The summed E-state index contributed by atoms with van der Waals surface area (Å²) in [6, 6.07) is 11.3. The second-order valence-electron chi connectivity index (χ2n) is 7.94. The number of benzene rings is 2. The molecule has 2 amide bonds. The molecule has 0 saturated heterocycles. The minimum absolute atomic E-state index is 0.181. The van der Waals surface area contributed by atoms with Gasteiger partial charge in [-0.05, 0) is 23.8 Å². The van der Waals surface area contributed by atoms with Gasteiger partial charge in [0.15, 0.2) is 0 Å². The molecule has 32 heavy (non-hydrogen) atoms. The maximum absolute atomic E-state index is 14.6. The number of rotatable bonds is 8. The molecule has 0 bridgehead atoms. The molecule has 0 aromatic heterocycles. The smallest absolute Gasteiger partial charge is 0.262 e. The summed E-state index contributed by atoms with van der Waals surface area (Å²) in [4.78, 5) is 27.3. The summed E-state index contributed by atoms with van der Waals surface area (Å²) < 4.78 is 33.0. The minimum Gasteiger partial charge on any atom is -0.383 e. The number of hydrazone groups is 1. The molecule has 1 aliphatic heterocycles. The first-order valence-corrected chi connectivity index (χ1v) is 10.5. The van der Waals surface area contributed by atoms with Gasteiger partial charge in [-0.1, -0.05) is 44.2 Å². The maximum atomic E-state index is 14.6. The normalized spacial score (nSPS) is 15.8. The summed E-state index contributed by atoms with van der Waals surface area (Å²) in [6.07, 6.45) is 0.272. The summed E-state index contributed by atoms with van der Waals surface area (Å²) in [5, 5.41) is 5.71. The number of halogens is 2. The second kappa shape index (κ2) is 10.5. The van der Waals surface area contributed by atoms with Crippen LogP contribution in [0, 0.1) is 17.6 Å². The van der Waals surface area contributed by atoms with Crippen LogP contribution in [0.25, 0.3) is 0 Å². The molecular weight excluding hydrogens is 416 g/mol. The van der Waals surface area contributed by atoms with Crippen LogP contribution in [0.4, 0.5) is 8.78 Å². The monoisotopic (exact) mass is 443 g/mol. The van der Waals surface area contributed by atoms with Crippen molar-refractivity contribution in [2.75, 3.05) is 26.8 Å². The lowest BCUT2D eigenvalue weighted by Crippen LogP contribution is -2.44. The molecular formula is C24H27F2N3O3. The Hall–Kier alpha value is -3.13. The first-order valence-electron chi connectivity index (χ1n) is 10.5. The van der Waals surface area contributed by atoms with E-state index in [0.29, 0.717) is 16.8 Å². The lowest BCUT2D eigenvalue weighted by Gasteiger charge is -2.28. The van der Waals surface area contributed by atoms with Gasteiger partial charge in [0.2, 0.25) is 5.91 Å². The van der Waals surface area contributed by atoms with Crippen molar-refractivity contribution in [3.63, 3.8) is 0 Å². The van der Waals surface area contributed by atoms with Crippen molar-refractivity contribution in [2.24, 2.45) is 11.0 Å². The molecule has 0 saturated carbocycles. The van der Waals surface area contributed by atoms with Crippen LogP contribution < -0.4 is 0 Å². The van der Waals surface area contributed by atoms with Gasteiger partial charge in [0.05, 0.1) is 18.4 Å². The van der Waals surface area contributed by atoms with Crippen LogP contribution in [-0.4, -0.2) is 54.2 Å². The van der Waals surface area contributed by atoms with Crippen LogP contribution >= 0.6 is 0 Å². The first-order chi connectivity index (χ1) is 15.3. The summed E-state index contributed by atoms with van der Waals surface area (Å²) in [7, 11) is 1.52. The number of nitrogens with zero attached hydrogens (tertiary/aromatic N) is 3. The fraction of sp³-hybridized carbons (Fsp3) is 0.375. The van der Waals surface area contributed by atoms with Crippen molar-refractivity contribution >= 4 is 17.5 Å². The molecule has 3 rings (SSSR count). The average molecular weight is 443 g/mol. The van der Waals surface area contributed by atoms with Gasteiger partial charge in [-0.3, -0.25) is 9.59 Å². The van der Waals surface area contributed by atoms with Gasteiger partial charge < -0.3 is 9.64 Å². The first kappa shape index (κ1) is 23.5. The van der Waals surface area contributed by atoms with E-state index >= 15 is 0 Å². The molecule has 0 unspecified atom stereocenters. The predicted octanol–water partition coefficient (Wildman–Crippen LogP) is 3.77. The highest BCUT2D eigenvalue weighted by Crippen LogP contribution is 2.34. The highest BCUT2D eigenvalue weighted by Gasteiger charge is 2.35. The van der Waals surface area contributed by atoms with Crippen molar-refractivity contribution in [3.8, 4) is 0 Å². The molecule has 1 aliphatic rings. The Balaban J connectivity index is 1.91. The number of ether oxygens (including phenoxy) is 1. The molecule has 0 radical (unpaired) electrons. The van der Waals surface area contributed by atoms with E-state index in [9.17, 15) is 18.4 Å². The quantitative estimate of drug-likeness (QED) is 0.624. The second-order valence-corrected chi connectivity index (χ2v) is 7.94. The molecule has 0 N–H and O–H groups in total. The van der Waals surface area contributed by atoms with E-state index in [4.69, 9.17) is 4.74 Å². The third kappa shape index (κ3) is 5.37. The summed E-state index contributed by atoms with van der Waals surface area (Å²) in [5.74, 6) is -1.73. The number of amides is 2. The summed E-state index contributed by atoms with van der Waals surface area (Å²) in [5.41, 5.74) is 1.53. The third-order valence-electron chi connectivity index (χ3n) is 5.30. The molecule has 2 aromatic rings. The number of hydrogen-bond acceptors (Lipinski definition) is 4. The highest BCUT2D eigenvalue weighted by molar-refractivity contribution is 6.03.